The molecule has 0 N–H and O–H groups in total. The minimum atomic E-state index is -3.98. The van der Waals surface area contributed by atoms with E-state index in [1.54, 1.807) is 22.8 Å². The third-order valence-electron chi connectivity index (χ3n) is 5.15. The molecule has 0 radical (unpaired) electrons. The first kappa shape index (κ1) is 23.1. The van der Waals surface area contributed by atoms with Crippen molar-refractivity contribution >= 4 is 60.7 Å². The maximum absolute atomic E-state index is 13.2. The molecule has 2 heterocycles. The van der Waals surface area contributed by atoms with Crippen molar-refractivity contribution < 1.29 is 17.6 Å². The zero-order chi connectivity index (χ0) is 23.0. The van der Waals surface area contributed by atoms with Crippen LogP contribution in [0, 0.1) is 5.82 Å². The second-order valence-electron chi connectivity index (χ2n) is 7.17. The van der Waals surface area contributed by atoms with E-state index in [0.717, 1.165) is 16.4 Å². The monoisotopic (exact) mass is 513 g/mol. The molecule has 1 amide bonds. The van der Waals surface area contributed by atoms with Crippen LogP contribution in [0.2, 0.25) is 10.0 Å². The van der Waals surface area contributed by atoms with Gasteiger partial charge in [-0.05, 0) is 49.2 Å². The number of amides is 1. The van der Waals surface area contributed by atoms with Crippen LogP contribution in [-0.2, 0) is 21.4 Å². The number of sulfonamides is 1. The molecule has 6 nitrogen and oxygen atoms in total. The van der Waals surface area contributed by atoms with Crippen molar-refractivity contribution in [2.45, 2.75) is 30.3 Å². The summed E-state index contributed by atoms with van der Waals surface area (Å²) in [6, 6.07) is 6.92. The molecule has 1 atom stereocenters. The first-order valence-electron chi connectivity index (χ1n) is 9.68. The van der Waals surface area contributed by atoms with E-state index < -0.39 is 27.8 Å². The molecular weight excluding hydrogens is 496 g/mol. The Bertz CT molecular complexity index is 1380. The van der Waals surface area contributed by atoms with E-state index in [-0.39, 0.29) is 11.4 Å². The molecule has 1 aliphatic heterocycles. The van der Waals surface area contributed by atoms with Crippen molar-refractivity contribution in [1.29, 1.82) is 0 Å². The number of carbonyl (C=O) groups is 1. The van der Waals surface area contributed by atoms with Gasteiger partial charge in [-0.3, -0.25) is 4.79 Å². The van der Waals surface area contributed by atoms with Crippen molar-refractivity contribution in [1.82, 2.24) is 8.87 Å². The van der Waals surface area contributed by atoms with Crippen LogP contribution in [0.15, 0.2) is 58.9 Å². The Morgan fingerprint density at radius 2 is 1.91 bits per heavy atom. The number of thiazole rings is 1. The van der Waals surface area contributed by atoms with Crippen LogP contribution in [0.5, 0.6) is 0 Å². The number of aromatic nitrogens is 1. The van der Waals surface area contributed by atoms with Crippen LogP contribution in [0.3, 0.4) is 0 Å². The first-order chi connectivity index (χ1) is 15.2. The highest BCUT2D eigenvalue weighted by atomic mass is 35.5. The standard InChI is InChI=1S/C21H18Cl2FN3O3S2/c1-2-11-26-18-15(22)9-10-16(23)19(18)31-21(26)25-20(28)17-4-3-12-27(17)32(29,30)14-7-5-13(24)6-8-14/h2,5-10,17H,1,3-4,11-12H2. The third-order valence-corrected chi connectivity index (χ3v) is 8.92. The lowest BCUT2D eigenvalue weighted by Gasteiger charge is -2.21. The van der Waals surface area contributed by atoms with E-state index in [1.807, 2.05) is 0 Å². The Hall–Kier alpha value is -2.04. The Balaban J connectivity index is 1.76. The summed E-state index contributed by atoms with van der Waals surface area (Å²) in [5.74, 6) is -1.12. The maximum Gasteiger partial charge on any atom is 0.266 e. The second kappa shape index (κ2) is 9.07. The van der Waals surface area contributed by atoms with Gasteiger partial charge in [0.05, 0.1) is 25.2 Å². The van der Waals surface area contributed by atoms with Gasteiger partial charge in [0.15, 0.2) is 4.80 Å². The third kappa shape index (κ3) is 4.15. The number of carbonyl (C=O) groups excluding carboxylic acids is 1. The lowest BCUT2D eigenvalue weighted by molar-refractivity contribution is -0.121. The summed E-state index contributed by atoms with van der Waals surface area (Å²) in [5, 5.41) is 0.931. The Morgan fingerprint density at radius 1 is 1.22 bits per heavy atom. The molecule has 0 bridgehead atoms. The van der Waals surface area contributed by atoms with Gasteiger partial charge in [0.25, 0.3) is 5.91 Å². The Morgan fingerprint density at radius 3 is 2.59 bits per heavy atom. The van der Waals surface area contributed by atoms with E-state index in [4.69, 9.17) is 23.2 Å². The summed E-state index contributed by atoms with van der Waals surface area (Å²) in [7, 11) is -3.98. The molecule has 1 aliphatic rings. The van der Waals surface area contributed by atoms with Gasteiger partial charge < -0.3 is 4.57 Å². The molecular formula is C21H18Cl2FN3O3S2. The predicted molar refractivity (Wildman–Crippen MR) is 124 cm³/mol. The van der Waals surface area contributed by atoms with Crippen LogP contribution >= 0.6 is 34.5 Å². The fourth-order valence-electron chi connectivity index (χ4n) is 3.68. The molecule has 0 aliphatic carbocycles. The number of hydrogen-bond acceptors (Lipinski definition) is 4. The number of halogens is 3. The molecule has 1 fully saturated rings. The van der Waals surface area contributed by atoms with Gasteiger partial charge in [0.2, 0.25) is 10.0 Å². The van der Waals surface area contributed by atoms with Gasteiger partial charge >= 0.3 is 0 Å². The van der Waals surface area contributed by atoms with E-state index >= 15 is 0 Å². The van der Waals surface area contributed by atoms with Crippen LogP contribution < -0.4 is 4.80 Å². The van der Waals surface area contributed by atoms with Crippen LogP contribution in [-0.4, -0.2) is 35.8 Å². The smallest absolute Gasteiger partial charge is 0.266 e. The van der Waals surface area contributed by atoms with E-state index in [9.17, 15) is 17.6 Å². The fourth-order valence-corrected chi connectivity index (χ4v) is 6.99. The van der Waals surface area contributed by atoms with E-state index in [1.165, 1.54) is 23.5 Å². The molecule has 0 spiro atoms. The van der Waals surface area contributed by atoms with Crippen molar-refractivity contribution in [3.05, 3.63) is 69.7 Å². The molecule has 0 saturated carbocycles. The molecule has 1 unspecified atom stereocenters. The van der Waals surface area contributed by atoms with Crippen molar-refractivity contribution in [3.63, 3.8) is 0 Å². The van der Waals surface area contributed by atoms with Crippen LogP contribution in [0.4, 0.5) is 4.39 Å². The van der Waals surface area contributed by atoms with E-state index in [2.05, 4.69) is 11.6 Å². The zero-order valence-corrected chi connectivity index (χ0v) is 19.8. The number of fused-ring (bicyclic) bond motifs is 1. The predicted octanol–water partition coefficient (Wildman–Crippen LogP) is 4.62. The molecule has 2 aromatic carbocycles. The Kier molecular flexibility index (Phi) is 6.56. The number of rotatable bonds is 5. The summed E-state index contributed by atoms with van der Waals surface area (Å²) in [6.45, 7) is 4.27. The molecule has 11 heteroatoms. The topological polar surface area (TPSA) is 71.7 Å². The number of benzene rings is 2. The molecule has 3 aromatic rings. The number of nitrogens with zero attached hydrogens (tertiary/aromatic N) is 3. The second-order valence-corrected chi connectivity index (χ2v) is 10.9. The highest BCUT2D eigenvalue weighted by Gasteiger charge is 2.39. The normalized spacial score (nSPS) is 17.8. The SMILES string of the molecule is C=CCn1c(=NC(=O)C2CCCN2S(=O)(=O)c2ccc(F)cc2)sc2c(Cl)ccc(Cl)c21. The zero-order valence-electron chi connectivity index (χ0n) is 16.7. The lowest BCUT2D eigenvalue weighted by atomic mass is 10.2. The summed E-state index contributed by atoms with van der Waals surface area (Å²) in [4.78, 5) is 17.7. The highest BCUT2D eigenvalue weighted by molar-refractivity contribution is 7.89. The molecule has 32 heavy (non-hydrogen) atoms. The summed E-state index contributed by atoms with van der Waals surface area (Å²) in [6.07, 6.45) is 2.51. The minimum Gasteiger partial charge on any atom is -0.311 e. The summed E-state index contributed by atoms with van der Waals surface area (Å²) >= 11 is 13.9. The maximum atomic E-state index is 13.2. The van der Waals surface area contributed by atoms with Gasteiger partial charge in [-0.25, -0.2) is 12.8 Å². The first-order valence-corrected chi connectivity index (χ1v) is 12.7. The number of allylic oxidation sites excluding steroid dienone is 1. The van der Waals surface area contributed by atoms with Crippen molar-refractivity contribution in [2.24, 2.45) is 4.99 Å². The average Bonchev–Trinajstić information content (AvgIpc) is 3.38. The van der Waals surface area contributed by atoms with Gasteiger partial charge in [-0.15, -0.1) is 6.58 Å². The van der Waals surface area contributed by atoms with Crippen molar-refractivity contribution in [3.8, 4) is 0 Å². The Labute approximate surface area is 198 Å². The van der Waals surface area contributed by atoms with Crippen LogP contribution in [0.25, 0.3) is 10.2 Å². The van der Waals surface area contributed by atoms with Gasteiger partial charge in [-0.1, -0.05) is 40.6 Å². The van der Waals surface area contributed by atoms with Gasteiger partial charge in [0.1, 0.15) is 11.9 Å². The number of hydrogen-bond donors (Lipinski definition) is 0. The molecule has 1 saturated heterocycles. The van der Waals surface area contributed by atoms with Gasteiger partial charge in [-0.2, -0.15) is 9.30 Å². The quantitative estimate of drug-likeness (QED) is 0.467. The van der Waals surface area contributed by atoms with Crippen LogP contribution in [0.1, 0.15) is 12.8 Å². The molecule has 1 aromatic heterocycles. The molecule has 4 rings (SSSR count). The largest absolute Gasteiger partial charge is 0.311 e. The lowest BCUT2D eigenvalue weighted by Crippen LogP contribution is -2.40. The van der Waals surface area contributed by atoms with Gasteiger partial charge in [0, 0.05) is 13.1 Å². The summed E-state index contributed by atoms with van der Waals surface area (Å²) < 4.78 is 42.9. The minimum absolute atomic E-state index is 0.0688. The highest BCUT2D eigenvalue weighted by Crippen LogP contribution is 2.32. The van der Waals surface area contributed by atoms with Crippen molar-refractivity contribution in [2.75, 3.05) is 6.54 Å². The summed E-state index contributed by atoms with van der Waals surface area (Å²) in [5.41, 5.74) is 0.637. The fraction of sp³-hybridized carbons (Fsp3) is 0.238. The van der Waals surface area contributed by atoms with E-state index in [0.29, 0.717) is 44.4 Å². The average molecular weight is 514 g/mol. The molecule has 168 valence electrons.